The van der Waals surface area contributed by atoms with E-state index in [2.05, 4.69) is 16.3 Å². The van der Waals surface area contributed by atoms with Crippen LogP contribution in [0.5, 0.6) is 0 Å². The molecule has 0 aliphatic carbocycles. The van der Waals surface area contributed by atoms with E-state index in [0.29, 0.717) is 6.54 Å². The molecule has 0 atom stereocenters. The molecule has 0 spiro atoms. The van der Waals surface area contributed by atoms with Gasteiger partial charge in [-0.05, 0) is 18.6 Å². The van der Waals surface area contributed by atoms with Crippen LogP contribution in [0, 0.1) is 6.92 Å². The monoisotopic (exact) mass is 187 g/mol. The second kappa shape index (κ2) is 3.64. The summed E-state index contributed by atoms with van der Waals surface area (Å²) in [5.41, 5.74) is 8.69. The van der Waals surface area contributed by atoms with Gasteiger partial charge in [-0.15, -0.1) is 0 Å². The van der Waals surface area contributed by atoms with Gasteiger partial charge < -0.3 is 5.73 Å². The minimum atomic E-state index is 0.563. The van der Waals surface area contributed by atoms with Crippen molar-refractivity contribution in [3.8, 4) is 0 Å². The highest BCUT2D eigenvalue weighted by molar-refractivity contribution is 5.89. The maximum Gasteiger partial charge on any atom is 0.0929 e. The number of nitrogens with one attached hydrogen (secondary N) is 1. The van der Waals surface area contributed by atoms with Gasteiger partial charge in [0.2, 0.25) is 0 Å². The van der Waals surface area contributed by atoms with E-state index >= 15 is 0 Å². The SMILES string of the molecule is Cc1[nH]nc2cccc(/C=C/CN)c12. The predicted octanol–water partition coefficient (Wildman–Crippen LogP) is 1.84. The number of H-pyrrole nitrogens is 1. The number of fused-ring (bicyclic) bond motifs is 1. The summed E-state index contributed by atoms with van der Waals surface area (Å²) in [5.74, 6) is 0. The fourth-order valence-electron chi connectivity index (χ4n) is 1.59. The highest BCUT2D eigenvalue weighted by atomic mass is 15.1. The van der Waals surface area contributed by atoms with Crippen molar-refractivity contribution < 1.29 is 0 Å². The van der Waals surface area contributed by atoms with Crippen LogP contribution in [0.25, 0.3) is 17.0 Å². The van der Waals surface area contributed by atoms with Crippen LogP contribution in [0.4, 0.5) is 0 Å². The second-order valence-corrected chi connectivity index (χ2v) is 3.23. The van der Waals surface area contributed by atoms with Crippen molar-refractivity contribution in [3.05, 3.63) is 35.5 Å². The van der Waals surface area contributed by atoms with E-state index in [0.717, 1.165) is 11.2 Å². The minimum absolute atomic E-state index is 0.563. The van der Waals surface area contributed by atoms with Gasteiger partial charge in [-0.3, -0.25) is 5.10 Å². The highest BCUT2D eigenvalue weighted by Gasteiger charge is 2.03. The molecular weight excluding hydrogens is 174 g/mol. The van der Waals surface area contributed by atoms with Gasteiger partial charge in [-0.2, -0.15) is 5.10 Å². The van der Waals surface area contributed by atoms with Crippen LogP contribution >= 0.6 is 0 Å². The first-order chi connectivity index (χ1) is 6.83. The molecule has 0 saturated heterocycles. The maximum atomic E-state index is 5.42. The van der Waals surface area contributed by atoms with E-state index in [1.54, 1.807) is 0 Å². The lowest BCUT2D eigenvalue weighted by atomic mass is 10.1. The van der Waals surface area contributed by atoms with Crippen LogP contribution in [0.3, 0.4) is 0 Å². The van der Waals surface area contributed by atoms with E-state index in [9.17, 15) is 0 Å². The van der Waals surface area contributed by atoms with Gasteiger partial charge in [0.05, 0.1) is 5.52 Å². The summed E-state index contributed by atoms with van der Waals surface area (Å²) >= 11 is 0. The van der Waals surface area contributed by atoms with Crippen molar-refractivity contribution in [1.82, 2.24) is 10.2 Å². The summed E-state index contributed by atoms with van der Waals surface area (Å²) in [6.45, 7) is 2.59. The van der Waals surface area contributed by atoms with Crippen molar-refractivity contribution in [2.45, 2.75) is 6.92 Å². The summed E-state index contributed by atoms with van der Waals surface area (Å²) in [4.78, 5) is 0. The summed E-state index contributed by atoms with van der Waals surface area (Å²) in [5, 5.41) is 8.35. The number of hydrogen-bond donors (Lipinski definition) is 2. The number of hydrogen-bond acceptors (Lipinski definition) is 2. The molecule has 0 saturated carbocycles. The number of benzene rings is 1. The Morgan fingerprint density at radius 1 is 1.50 bits per heavy atom. The van der Waals surface area contributed by atoms with E-state index < -0.39 is 0 Å². The first-order valence-corrected chi connectivity index (χ1v) is 4.63. The smallest absolute Gasteiger partial charge is 0.0929 e. The van der Waals surface area contributed by atoms with Gasteiger partial charge in [0.25, 0.3) is 0 Å². The van der Waals surface area contributed by atoms with Gasteiger partial charge in [0, 0.05) is 17.6 Å². The molecule has 0 fully saturated rings. The highest BCUT2D eigenvalue weighted by Crippen LogP contribution is 2.20. The first kappa shape index (κ1) is 8.97. The van der Waals surface area contributed by atoms with Crippen LogP contribution in [0.2, 0.25) is 0 Å². The van der Waals surface area contributed by atoms with Gasteiger partial charge in [0.1, 0.15) is 0 Å². The lowest BCUT2D eigenvalue weighted by Crippen LogP contribution is -1.92. The molecule has 1 heterocycles. The van der Waals surface area contributed by atoms with E-state index in [1.807, 2.05) is 31.2 Å². The number of aryl methyl sites for hydroxylation is 1. The number of nitrogens with two attached hydrogens (primary N) is 1. The Morgan fingerprint density at radius 3 is 3.14 bits per heavy atom. The molecule has 0 aliphatic heterocycles. The molecule has 1 aromatic carbocycles. The van der Waals surface area contributed by atoms with Gasteiger partial charge in [-0.1, -0.05) is 24.3 Å². The molecule has 0 bridgehead atoms. The molecule has 0 amide bonds. The van der Waals surface area contributed by atoms with Crippen LogP contribution in [0.1, 0.15) is 11.3 Å². The average molecular weight is 187 g/mol. The number of rotatable bonds is 2. The molecule has 14 heavy (non-hydrogen) atoms. The number of aromatic amines is 1. The lowest BCUT2D eigenvalue weighted by molar-refractivity contribution is 1.07. The molecule has 2 aromatic rings. The third-order valence-corrected chi connectivity index (χ3v) is 2.23. The zero-order valence-electron chi connectivity index (χ0n) is 8.12. The molecule has 0 aliphatic rings. The van der Waals surface area contributed by atoms with Crippen molar-refractivity contribution in [2.24, 2.45) is 5.73 Å². The Morgan fingerprint density at radius 2 is 2.36 bits per heavy atom. The summed E-state index contributed by atoms with van der Waals surface area (Å²) in [6, 6.07) is 6.06. The van der Waals surface area contributed by atoms with Crippen molar-refractivity contribution >= 4 is 17.0 Å². The average Bonchev–Trinajstić information content (AvgIpc) is 2.58. The van der Waals surface area contributed by atoms with E-state index in [1.165, 1.54) is 10.9 Å². The zero-order chi connectivity index (χ0) is 9.97. The summed E-state index contributed by atoms with van der Waals surface area (Å²) in [6.07, 6.45) is 3.98. The Balaban J connectivity index is 2.63. The molecule has 0 radical (unpaired) electrons. The lowest BCUT2D eigenvalue weighted by Gasteiger charge is -1.96. The first-order valence-electron chi connectivity index (χ1n) is 4.63. The Hall–Kier alpha value is -1.61. The van der Waals surface area contributed by atoms with E-state index in [-0.39, 0.29) is 0 Å². The molecular formula is C11H13N3. The minimum Gasteiger partial charge on any atom is -0.327 e. The van der Waals surface area contributed by atoms with Crippen LogP contribution in [-0.2, 0) is 0 Å². The van der Waals surface area contributed by atoms with Gasteiger partial charge >= 0.3 is 0 Å². The van der Waals surface area contributed by atoms with Crippen LogP contribution in [0.15, 0.2) is 24.3 Å². The molecule has 0 unspecified atom stereocenters. The zero-order valence-corrected chi connectivity index (χ0v) is 8.12. The molecule has 3 N–H and O–H groups in total. The van der Waals surface area contributed by atoms with Gasteiger partial charge in [0.15, 0.2) is 0 Å². The van der Waals surface area contributed by atoms with E-state index in [4.69, 9.17) is 5.73 Å². The quantitative estimate of drug-likeness (QED) is 0.753. The molecule has 3 nitrogen and oxygen atoms in total. The topological polar surface area (TPSA) is 54.7 Å². The predicted molar refractivity (Wildman–Crippen MR) is 58.9 cm³/mol. The number of nitrogens with zero attached hydrogens (tertiary/aromatic N) is 1. The summed E-state index contributed by atoms with van der Waals surface area (Å²) < 4.78 is 0. The van der Waals surface area contributed by atoms with Gasteiger partial charge in [-0.25, -0.2) is 0 Å². The van der Waals surface area contributed by atoms with Crippen LogP contribution in [-0.4, -0.2) is 16.7 Å². The van der Waals surface area contributed by atoms with Crippen molar-refractivity contribution in [2.75, 3.05) is 6.54 Å². The van der Waals surface area contributed by atoms with Crippen molar-refractivity contribution in [3.63, 3.8) is 0 Å². The normalized spacial score (nSPS) is 11.6. The van der Waals surface area contributed by atoms with Crippen LogP contribution < -0.4 is 5.73 Å². The molecule has 2 rings (SSSR count). The molecule has 3 heteroatoms. The molecule has 72 valence electrons. The third-order valence-electron chi connectivity index (χ3n) is 2.23. The Labute approximate surface area is 82.6 Å². The maximum absolute atomic E-state index is 5.42. The Kier molecular flexibility index (Phi) is 2.33. The fourth-order valence-corrected chi connectivity index (χ4v) is 1.59. The summed E-state index contributed by atoms with van der Waals surface area (Å²) in [7, 11) is 0. The third kappa shape index (κ3) is 1.42. The Bertz CT molecular complexity index is 468. The largest absolute Gasteiger partial charge is 0.327 e. The number of aromatic nitrogens is 2. The van der Waals surface area contributed by atoms with Crippen molar-refractivity contribution in [1.29, 1.82) is 0 Å². The molecule has 1 aromatic heterocycles. The standard InChI is InChI=1S/C11H13N3/c1-8-11-9(5-3-7-12)4-2-6-10(11)14-13-8/h2-6H,7,12H2,1H3,(H,13,14)/b5-3+. The fraction of sp³-hybridized carbons (Fsp3) is 0.182. The second-order valence-electron chi connectivity index (χ2n) is 3.23.